The highest BCUT2D eigenvalue weighted by Crippen LogP contribution is 2.20. The molecule has 0 radical (unpaired) electrons. The summed E-state index contributed by atoms with van der Waals surface area (Å²) in [6.45, 7) is 3.97. The van der Waals surface area contributed by atoms with E-state index < -0.39 is 5.97 Å². The molecule has 0 bridgehead atoms. The summed E-state index contributed by atoms with van der Waals surface area (Å²) in [5.74, 6) is 0.0907. The molecule has 0 atom stereocenters. The molecule has 1 amide bonds. The summed E-state index contributed by atoms with van der Waals surface area (Å²) in [7, 11) is 0. The molecule has 0 unspecified atom stereocenters. The lowest BCUT2D eigenvalue weighted by Crippen LogP contribution is -2.13. The van der Waals surface area contributed by atoms with E-state index in [0.29, 0.717) is 35.1 Å². The Hall–Kier alpha value is -3.74. The number of nitrogens with zero attached hydrogens (tertiary/aromatic N) is 2. The van der Waals surface area contributed by atoms with E-state index in [0.717, 1.165) is 5.56 Å². The molecule has 7 nitrogen and oxygen atoms in total. The predicted octanol–water partition coefficient (Wildman–Crippen LogP) is 3.96. The van der Waals surface area contributed by atoms with Crippen LogP contribution in [0.25, 0.3) is 0 Å². The largest absolute Gasteiger partial charge is 0.462 e. The Morgan fingerprint density at radius 3 is 2.43 bits per heavy atom. The number of aromatic nitrogens is 2. The molecule has 0 aliphatic carbocycles. The van der Waals surface area contributed by atoms with Crippen LogP contribution in [0.15, 0.2) is 60.7 Å². The maximum atomic E-state index is 12.3. The topological polar surface area (TPSA) is 93.2 Å². The van der Waals surface area contributed by atoms with E-state index >= 15 is 0 Å². The summed E-state index contributed by atoms with van der Waals surface area (Å²) < 4.78 is 5.06. The summed E-state index contributed by atoms with van der Waals surface area (Å²) in [5, 5.41) is 13.8. The molecule has 28 heavy (non-hydrogen) atoms. The summed E-state index contributed by atoms with van der Waals surface area (Å²) in [4.78, 5) is 24.3. The van der Waals surface area contributed by atoms with Gasteiger partial charge in [0, 0.05) is 5.56 Å². The van der Waals surface area contributed by atoms with Gasteiger partial charge in [0.05, 0.1) is 17.9 Å². The Bertz CT molecular complexity index is 987. The molecule has 0 spiro atoms. The second kappa shape index (κ2) is 8.77. The quantitative estimate of drug-likeness (QED) is 0.633. The molecule has 0 aliphatic heterocycles. The normalized spacial score (nSPS) is 10.2. The van der Waals surface area contributed by atoms with Crippen molar-refractivity contribution in [3.8, 4) is 0 Å². The summed E-state index contributed by atoms with van der Waals surface area (Å²) in [6.07, 6.45) is 0. The molecule has 7 heteroatoms. The van der Waals surface area contributed by atoms with Crippen LogP contribution in [0.5, 0.6) is 0 Å². The van der Waals surface area contributed by atoms with Gasteiger partial charge in [-0.1, -0.05) is 29.8 Å². The molecule has 1 aromatic heterocycles. The second-order valence-corrected chi connectivity index (χ2v) is 6.02. The number of aryl methyl sites for hydroxylation is 1. The number of ether oxygens (including phenoxy) is 1. The Kier molecular flexibility index (Phi) is 5.96. The number of para-hydroxylation sites is 1. The van der Waals surface area contributed by atoms with E-state index in [4.69, 9.17) is 4.74 Å². The lowest BCUT2D eigenvalue weighted by molar-refractivity contribution is 0.0527. The van der Waals surface area contributed by atoms with Gasteiger partial charge < -0.3 is 15.4 Å². The summed E-state index contributed by atoms with van der Waals surface area (Å²) >= 11 is 0. The third-order valence-electron chi connectivity index (χ3n) is 3.87. The molecule has 0 saturated heterocycles. The van der Waals surface area contributed by atoms with E-state index in [1.807, 2.05) is 19.1 Å². The minimum Gasteiger partial charge on any atom is -0.462 e. The zero-order valence-corrected chi connectivity index (χ0v) is 15.6. The van der Waals surface area contributed by atoms with Crippen molar-refractivity contribution < 1.29 is 14.3 Å². The Morgan fingerprint density at radius 2 is 1.71 bits per heavy atom. The van der Waals surface area contributed by atoms with Crippen molar-refractivity contribution in [3.05, 3.63) is 77.4 Å². The standard InChI is InChI=1S/C21H20N4O3/c1-3-28-21(27)16-9-4-5-10-17(16)22-18-11-12-19(25-24-18)23-20(26)15-8-6-7-14(2)13-15/h4-13H,3H2,1-2H3,(H,22,24)(H,23,25,26). The first kappa shape index (κ1) is 19.0. The lowest BCUT2D eigenvalue weighted by Gasteiger charge is -2.10. The molecule has 2 N–H and O–H groups in total. The van der Waals surface area contributed by atoms with Crippen molar-refractivity contribution in [2.24, 2.45) is 0 Å². The van der Waals surface area contributed by atoms with Crippen molar-refractivity contribution in [2.75, 3.05) is 17.2 Å². The van der Waals surface area contributed by atoms with Crippen molar-refractivity contribution in [3.63, 3.8) is 0 Å². The van der Waals surface area contributed by atoms with Crippen molar-refractivity contribution in [1.29, 1.82) is 0 Å². The van der Waals surface area contributed by atoms with Crippen LogP contribution < -0.4 is 10.6 Å². The Balaban J connectivity index is 1.70. The summed E-state index contributed by atoms with van der Waals surface area (Å²) in [6, 6.07) is 17.6. The van der Waals surface area contributed by atoms with Gasteiger partial charge in [0.1, 0.15) is 0 Å². The zero-order valence-electron chi connectivity index (χ0n) is 15.6. The monoisotopic (exact) mass is 376 g/mol. The van der Waals surface area contributed by atoms with Crippen LogP contribution in [0, 0.1) is 6.92 Å². The van der Waals surface area contributed by atoms with Gasteiger partial charge in [-0.15, -0.1) is 10.2 Å². The van der Waals surface area contributed by atoms with Gasteiger partial charge >= 0.3 is 5.97 Å². The number of amides is 1. The lowest BCUT2D eigenvalue weighted by atomic mass is 10.1. The SMILES string of the molecule is CCOC(=O)c1ccccc1Nc1ccc(NC(=O)c2cccc(C)c2)nn1. The number of rotatable bonds is 6. The fraction of sp³-hybridized carbons (Fsp3) is 0.143. The molecule has 1 heterocycles. The highest BCUT2D eigenvalue weighted by molar-refractivity contribution is 6.03. The molecule has 3 rings (SSSR count). The maximum Gasteiger partial charge on any atom is 0.340 e. The minimum atomic E-state index is -0.416. The highest BCUT2D eigenvalue weighted by Gasteiger charge is 2.13. The van der Waals surface area contributed by atoms with E-state index in [-0.39, 0.29) is 5.91 Å². The molecule has 0 fully saturated rings. The average Bonchev–Trinajstić information content (AvgIpc) is 2.70. The minimum absolute atomic E-state index is 0.258. The summed E-state index contributed by atoms with van der Waals surface area (Å²) in [5.41, 5.74) is 2.51. The first-order chi connectivity index (χ1) is 13.6. The molecule has 142 valence electrons. The van der Waals surface area contributed by atoms with Gasteiger partial charge in [0.15, 0.2) is 11.6 Å². The number of anilines is 3. The van der Waals surface area contributed by atoms with Crippen LogP contribution in [-0.4, -0.2) is 28.7 Å². The van der Waals surface area contributed by atoms with Gasteiger partial charge in [-0.2, -0.15) is 0 Å². The predicted molar refractivity (Wildman–Crippen MR) is 107 cm³/mol. The number of carbonyl (C=O) groups is 2. The first-order valence-corrected chi connectivity index (χ1v) is 8.81. The number of hydrogen-bond acceptors (Lipinski definition) is 6. The maximum absolute atomic E-state index is 12.3. The van der Waals surface area contributed by atoms with Crippen molar-refractivity contribution in [2.45, 2.75) is 13.8 Å². The van der Waals surface area contributed by atoms with Gasteiger partial charge in [0.2, 0.25) is 0 Å². The van der Waals surface area contributed by atoms with Crippen LogP contribution in [0.3, 0.4) is 0 Å². The second-order valence-electron chi connectivity index (χ2n) is 6.02. The number of nitrogens with one attached hydrogen (secondary N) is 2. The Labute approximate surface area is 162 Å². The number of hydrogen-bond donors (Lipinski definition) is 2. The number of carbonyl (C=O) groups excluding carboxylic acids is 2. The number of esters is 1. The zero-order chi connectivity index (χ0) is 19.9. The van der Waals surface area contributed by atoms with Crippen LogP contribution in [0.4, 0.5) is 17.3 Å². The van der Waals surface area contributed by atoms with E-state index in [2.05, 4.69) is 20.8 Å². The first-order valence-electron chi connectivity index (χ1n) is 8.81. The van der Waals surface area contributed by atoms with Crippen molar-refractivity contribution in [1.82, 2.24) is 10.2 Å². The van der Waals surface area contributed by atoms with Gasteiger partial charge in [-0.25, -0.2) is 4.79 Å². The third-order valence-corrected chi connectivity index (χ3v) is 3.87. The van der Waals surface area contributed by atoms with E-state index in [1.165, 1.54) is 0 Å². The molecular weight excluding hydrogens is 356 g/mol. The van der Waals surface area contributed by atoms with E-state index in [1.54, 1.807) is 55.5 Å². The van der Waals surface area contributed by atoms with Crippen LogP contribution >= 0.6 is 0 Å². The fourth-order valence-electron chi connectivity index (χ4n) is 2.56. The van der Waals surface area contributed by atoms with Crippen LogP contribution in [0.2, 0.25) is 0 Å². The highest BCUT2D eigenvalue weighted by atomic mass is 16.5. The molecule has 0 saturated carbocycles. The van der Waals surface area contributed by atoms with Crippen LogP contribution in [-0.2, 0) is 4.74 Å². The smallest absolute Gasteiger partial charge is 0.340 e. The van der Waals surface area contributed by atoms with E-state index in [9.17, 15) is 9.59 Å². The average molecular weight is 376 g/mol. The van der Waals surface area contributed by atoms with Gasteiger partial charge in [-0.3, -0.25) is 4.79 Å². The molecule has 2 aromatic carbocycles. The molecular formula is C21H20N4O3. The molecule has 0 aliphatic rings. The fourth-order valence-corrected chi connectivity index (χ4v) is 2.56. The number of benzene rings is 2. The Morgan fingerprint density at radius 1 is 0.964 bits per heavy atom. The van der Waals surface area contributed by atoms with Crippen molar-refractivity contribution >= 4 is 29.2 Å². The van der Waals surface area contributed by atoms with Gasteiger partial charge in [-0.05, 0) is 50.2 Å². The van der Waals surface area contributed by atoms with Gasteiger partial charge in [0.25, 0.3) is 5.91 Å². The molecule has 3 aromatic rings. The third kappa shape index (κ3) is 4.70. The van der Waals surface area contributed by atoms with Crippen LogP contribution in [0.1, 0.15) is 33.2 Å².